The van der Waals surface area contributed by atoms with Crippen LogP contribution in [0.3, 0.4) is 0 Å². The lowest BCUT2D eigenvalue weighted by atomic mass is 9.85. The van der Waals surface area contributed by atoms with E-state index in [2.05, 4.69) is 26.1 Å². The van der Waals surface area contributed by atoms with Crippen LogP contribution in [0, 0.1) is 0 Å². The third-order valence-electron chi connectivity index (χ3n) is 5.63. The number of nitrogens with two attached hydrogens (primary N) is 2. The van der Waals surface area contributed by atoms with Gasteiger partial charge in [-0.1, -0.05) is 32.9 Å². The van der Waals surface area contributed by atoms with Crippen molar-refractivity contribution in [2.75, 3.05) is 31.3 Å². The van der Waals surface area contributed by atoms with Gasteiger partial charge >= 0.3 is 0 Å². The first-order valence-corrected chi connectivity index (χ1v) is 11.5. The fraction of sp³-hybridized carbons (Fsp3) is 0.286. The van der Waals surface area contributed by atoms with Crippen LogP contribution < -0.4 is 26.3 Å². The molecule has 0 fully saturated rings. The monoisotopic (exact) mass is 475 g/mol. The van der Waals surface area contributed by atoms with Crippen LogP contribution in [0.2, 0.25) is 0 Å². The fourth-order valence-electron chi connectivity index (χ4n) is 3.53. The molecule has 0 heterocycles. The highest BCUT2D eigenvalue weighted by molar-refractivity contribution is 6.18. The van der Waals surface area contributed by atoms with Crippen LogP contribution in [0.5, 0.6) is 11.5 Å². The van der Waals surface area contributed by atoms with E-state index in [1.165, 1.54) is 0 Å². The van der Waals surface area contributed by atoms with Gasteiger partial charge in [0, 0.05) is 11.1 Å². The highest BCUT2D eigenvalue weighted by atomic mass is 16.5. The second-order valence-electron chi connectivity index (χ2n) is 9.23. The summed E-state index contributed by atoms with van der Waals surface area (Å²) in [5, 5.41) is 2.81. The maximum absolute atomic E-state index is 13.7. The number of ether oxygens (including phenoxy) is 2. The maximum atomic E-state index is 13.7. The van der Waals surface area contributed by atoms with E-state index in [1.54, 1.807) is 55.6 Å². The molecule has 184 valence electrons. The molecule has 0 bridgehead atoms. The molecule has 0 aliphatic rings. The van der Waals surface area contributed by atoms with E-state index in [0.29, 0.717) is 42.2 Å². The van der Waals surface area contributed by atoms with Crippen LogP contribution in [0.1, 0.15) is 59.0 Å². The van der Waals surface area contributed by atoms with Crippen molar-refractivity contribution >= 4 is 23.1 Å². The van der Waals surface area contributed by atoms with Crippen molar-refractivity contribution in [3.05, 3.63) is 82.9 Å². The Morgan fingerprint density at radius 1 is 0.971 bits per heavy atom. The van der Waals surface area contributed by atoms with Gasteiger partial charge in [-0.15, -0.1) is 0 Å². The van der Waals surface area contributed by atoms with Crippen LogP contribution in [0.4, 0.5) is 11.4 Å². The van der Waals surface area contributed by atoms with Crippen molar-refractivity contribution in [3.63, 3.8) is 0 Å². The summed E-state index contributed by atoms with van der Waals surface area (Å²) in [6.07, 6.45) is 0.662. The summed E-state index contributed by atoms with van der Waals surface area (Å²) in [5.74, 6) is 0.427. The summed E-state index contributed by atoms with van der Waals surface area (Å²) in [6, 6.07) is 17.2. The van der Waals surface area contributed by atoms with Crippen molar-refractivity contribution in [1.29, 1.82) is 0 Å². The average molecular weight is 476 g/mol. The number of anilines is 2. The normalized spacial score (nSPS) is 11.1. The van der Waals surface area contributed by atoms with E-state index >= 15 is 0 Å². The summed E-state index contributed by atoms with van der Waals surface area (Å²) < 4.78 is 11.1. The minimum Gasteiger partial charge on any atom is -0.497 e. The fourth-order valence-corrected chi connectivity index (χ4v) is 3.53. The number of ketones is 1. The zero-order valence-electron chi connectivity index (χ0n) is 20.7. The van der Waals surface area contributed by atoms with Gasteiger partial charge < -0.3 is 26.3 Å². The zero-order valence-corrected chi connectivity index (χ0v) is 20.7. The molecule has 3 rings (SSSR count). The number of rotatable bonds is 9. The van der Waals surface area contributed by atoms with Gasteiger partial charge in [-0.25, -0.2) is 0 Å². The third-order valence-corrected chi connectivity index (χ3v) is 5.63. The van der Waals surface area contributed by atoms with Crippen molar-refractivity contribution in [3.8, 4) is 11.5 Å². The van der Waals surface area contributed by atoms with Gasteiger partial charge in [0.25, 0.3) is 5.91 Å². The standard InChI is InChI=1S/C28H33N3O4/c1-28(2,3)19-11-14-21(24(17-19)35-16-6-15-29)26(32)22-7-5-8-23(30)25(22)31-27(33)18-9-12-20(34-4)13-10-18/h5,7-14,17H,6,15-16,29-30H2,1-4H3,(H,31,33). The number of benzene rings is 3. The molecular weight excluding hydrogens is 442 g/mol. The zero-order chi connectivity index (χ0) is 25.6. The van der Waals surface area contributed by atoms with Gasteiger partial charge in [-0.3, -0.25) is 9.59 Å². The number of nitrogen functional groups attached to an aromatic ring is 1. The highest BCUT2D eigenvalue weighted by Crippen LogP contribution is 2.33. The number of carbonyl (C=O) groups excluding carboxylic acids is 2. The first-order valence-electron chi connectivity index (χ1n) is 11.5. The lowest BCUT2D eigenvalue weighted by Gasteiger charge is -2.22. The molecular formula is C28H33N3O4. The second kappa shape index (κ2) is 11.1. The van der Waals surface area contributed by atoms with Crippen molar-refractivity contribution in [1.82, 2.24) is 0 Å². The van der Waals surface area contributed by atoms with E-state index < -0.39 is 0 Å². The molecule has 3 aromatic carbocycles. The molecule has 0 radical (unpaired) electrons. The van der Waals surface area contributed by atoms with Crippen molar-refractivity contribution in [2.24, 2.45) is 5.73 Å². The summed E-state index contributed by atoms with van der Waals surface area (Å²) in [5.41, 5.74) is 14.3. The van der Waals surface area contributed by atoms with E-state index in [0.717, 1.165) is 5.56 Å². The Balaban J connectivity index is 1.98. The minimum absolute atomic E-state index is 0.123. The molecule has 0 aromatic heterocycles. The predicted octanol–water partition coefficient (Wildman–Crippen LogP) is 4.79. The average Bonchev–Trinajstić information content (AvgIpc) is 2.84. The molecule has 1 amide bonds. The molecule has 0 aliphatic heterocycles. The predicted molar refractivity (Wildman–Crippen MR) is 140 cm³/mol. The van der Waals surface area contributed by atoms with Crippen LogP contribution >= 0.6 is 0 Å². The number of methoxy groups -OCH3 is 1. The Morgan fingerprint density at radius 3 is 2.31 bits per heavy atom. The smallest absolute Gasteiger partial charge is 0.255 e. The first kappa shape index (κ1) is 25.8. The van der Waals surface area contributed by atoms with E-state index in [9.17, 15) is 9.59 Å². The number of hydrogen-bond acceptors (Lipinski definition) is 6. The van der Waals surface area contributed by atoms with Crippen LogP contribution in [-0.4, -0.2) is 32.0 Å². The number of hydrogen-bond donors (Lipinski definition) is 3. The maximum Gasteiger partial charge on any atom is 0.255 e. The lowest BCUT2D eigenvalue weighted by Crippen LogP contribution is -2.18. The largest absolute Gasteiger partial charge is 0.497 e. The molecule has 5 N–H and O–H groups in total. The molecule has 0 unspecified atom stereocenters. The van der Waals surface area contributed by atoms with E-state index in [4.69, 9.17) is 20.9 Å². The van der Waals surface area contributed by atoms with Gasteiger partial charge in [0.1, 0.15) is 11.5 Å². The Morgan fingerprint density at radius 2 is 1.69 bits per heavy atom. The molecule has 0 spiro atoms. The Kier molecular flexibility index (Phi) is 8.14. The van der Waals surface area contributed by atoms with Crippen molar-refractivity contribution < 1.29 is 19.1 Å². The van der Waals surface area contributed by atoms with Gasteiger partial charge in [0.15, 0.2) is 5.78 Å². The van der Waals surface area contributed by atoms with Gasteiger partial charge in [-0.2, -0.15) is 0 Å². The molecule has 35 heavy (non-hydrogen) atoms. The number of carbonyl (C=O) groups is 2. The summed E-state index contributed by atoms with van der Waals surface area (Å²) in [6.45, 7) is 7.16. The number of para-hydroxylation sites is 1. The highest BCUT2D eigenvalue weighted by Gasteiger charge is 2.23. The van der Waals surface area contributed by atoms with Crippen molar-refractivity contribution in [2.45, 2.75) is 32.6 Å². The first-order chi connectivity index (χ1) is 16.7. The van der Waals surface area contributed by atoms with Crippen LogP contribution in [0.15, 0.2) is 60.7 Å². The lowest BCUT2D eigenvalue weighted by molar-refractivity contribution is 0.102. The molecule has 0 saturated heterocycles. The number of nitrogens with one attached hydrogen (secondary N) is 1. The SMILES string of the molecule is COc1ccc(C(=O)Nc2c(N)cccc2C(=O)c2ccc(C(C)(C)C)cc2OCCCN)cc1. The van der Waals surface area contributed by atoms with Gasteiger partial charge in [-0.05, 0) is 72.5 Å². The Hall–Kier alpha value is -3.84. The second-order valence-corrected chi connectivity index (χ2v) is 9.23. The Bertz CT molecular complexity index is 1200. The summed E-state index contributed by atoms with van der Waals surface area (Å²) in [7, 11) is 1.56. The molecule has 0 atom stereocenters. The molecule has 7 heteroatoms. The van der Waals surface area contributed by atoms with Crippen LogP contribution in [0.25, 0.3) is 0 Å². The summed E-state index contributed by atoms with van der Waals surface area (Å²) >= 11 is 0. The minimum atomic E-state index is -0.387. The van der Waals surface area contributed by atoms with Crippen LogP contribution in [-0.2, 0) is 5.41 Å². The van der Waals surface area contributed by atoms with E-state index in [1.807, 2.05) is 12.1 Å². The molecule has 0 saturated carbocycles. The topological polar surface area (TPSA) is 117 Å². The Labute approximate surface area is 206 Å². The summed E-state index contributed by atoms with van der Waals surface area (Å²) in [4.78, 5) is 26.6. The number of amides is 1. The quantitative estimate of drug-likeness (QED) is 0.233. The van der Waals surface area contributed by atoms with E-state index in [-0.39, 0.29) is 34.0 Å². The third kappa shape index (κ3) is 6.19. The molecule has 7 nitrogen and oxygen atoms in total. The molecule has 0 aliphatic carbocycles. The molecule has 3 aromatic rings. The van der Waals surface area contributed by atoms with Gasteiger partial charge in [0.05, 0.1) is 30.7 Å². The van der Waals surface area contributed by atoms with Gasteiger partial charge in [0.2, 0.25) is 0 Å².